The van der Waals surface area contributed by atoms with Gasteiger partial charge in [0.1, 0.15) is 12.2 Å². The second-order valence-corrected chi connectivity index (χ2v) is 3.67. The molecule has 0 aromatic heterocycles. The highest BCUT2D eigenvalue weighted by atomic mass is 16.3. The summed E-state index contributed by atoms with van der Waals surface area (Å²) in [6.45, 7) is 7.56. The van der Waals surface area contributed by atoms with Crippen molar-refractivity contribution < 1.29 is 10.2 Å². The zero-order valence-corrected chi connectivity index (χ0v) is 8.20. The van der Waals surface area contributed by atoms with Crippen molar-refractivity contribution in [2.24, 2.45) is 11.8 Å². The van der Waals surface area contributed by atoms with Crippen LogP contribution < -0.4 is 0 Å². The third-order valence-electron chi connectivity index (χ3n) is 1.64. The molecule has 0 saturated heterocycles. The Bertz CT molecular complexity index is 156. The lowest BCUT2D eigenvalue weighted by Gasteiger charge is -2.08. The predicted octanol–water partition coefficient (Wildman–Crippen LogP) is 1.02. The van der Waals surface area contributed by atoms with E-state index in [1.165, 1.54) is 0 Å². The molecule has 12 heavy (non-hydrogen) atoms. The third-order valence-corrected chi connectivity index (χ3v) is 1.64. The molecule has 2 N–H and O–H groups in total. The first-order chi connectivity index (χ1) is 5.45. The molecule has 0 aromatic rings. The Morgan fingerprint density at radius 3 is 1.17 bits per heavy atom. The van der Waals surface area contributed by atoms with Gasteiger partial charge in [-0.25, -0.2) is 0 Å². The van der Waals surface area contributed by atoms with E-state index in [2.05, 4.69) is 11.8 Å². The molecule has 0 aliphatic heterocycles. The second kappa shape index (κ2) is 5.18. The molecule has 2 heteroatoms. The Balaban J connectivity index is 4.02. The van der Waals surface area contributed by atoms with Gasteiger partial charge in [0.15, 0.2) is 0 Å². The Labute approximate surface area is 74.6 Å². The van der Waals surface area contributed by atoms with Crippen LogP contribution in [0, 0.1) is 23.7 Å². The van der Waals surface area contributed by atoms with Crippen LogP contribution in [0.5, 0.6) is 0 Å². The molecule has 0 unspecified atom stereocenters. The fraction of sp³-hybridized carbons (Fsp3) is 0.800. The Kier molecular flexibility index (Phi) is 4.96. The predicted molar refractivity (Wildman–Crippen MR) is 49.5 cm³/mol. The highest BCUT2D eigenvalue weighted by molar-refractivity contribution is 5.10. The van der Waals surface area contributed by atoms with E-state index in [4.69, 9.17) is 0 Å². The van der Waals surface area contributed by atoms with Gasteiger partial charge in [-0.15, -0.1) is 0 Å². The standard InChI is InChI=1S/C10H18O2/c1-7(2)9(11)5-6-10(12)8(3)4/h7-12H,1-4H3/t9-,10-/m0/s1. The molecule has 0 spiro atoms. The molecule has 0 fully saturated rings. The zero-order chi connectivity index (χ0) is 9.72. The topological polar surface area (TPSA) is 40.5 Å². The maximum absolute atomic E-state index is 9.27. The summed E-state index contributed by atoms with van der Waals surface area (Å²) in [6.07, 6.45) is -1.25. The van der Waals surface area contributed by atoms with Crippen molar-refractivity contribution in [3.05, 3.63) is 0 Å². The molecule has 0 bridgehead atoms. The average Bonchev–Trinajstić information content (AvgIpc) is 1.98. The van der Waals surface area contributed by atoms with Crippen LogP contribution in [0.3, 0.4) is 0 Å². The van der Waals surface area contributed by atoms with Crippen LogP contribution in [0.2, 0.25) is 0 Å². The van der Waals surface area contributed by atoms with E-state index in [0.29, 0.717) is 0 Å². The van der Waals surface area contributed by atoms with Crippen molar-refractivity contribution in [2.75, 3.05) is 0 Å². The largest absolute Gasteiger partial charge is 0.380 e. The van der Waals surface area contributed by atoms with Gasteiger partial charge >= 0.3 is 0 Å². The lowest BCUT2D eigenvalue weighted by molar-refractivity contribution is 0.171. The van der Waals surface area contributed by atoms with Crippen molar-refractivity contribution in [1.29, 1.82) is 0 Å². The van der Waals surface area contributed by atoms with Crippen LogP contribution in [0.1, 0.15) is 27.7 Å². The molecule has 70 valence electrons. The van der Waals surface area contributed by atoms with Crippen molar-refractivity contribution in [3.8, 4) is 11.8 Å². The Morgan fingerprint density at radius 1 is 0.750 bits per heavy atom. The van der Waals surface area contributed by atoms with Crippen LogP contribution in [0.25, 0.3) is 0 Å². The summed E-state index contributed by atoms with van der Waals surface area (Å²) >= 11 is 0. The molecule has 0 saturated carbocycles. The number of hydrogen-bond donors (Lipinski definition) is 2. The number of aliphatic hydroxyl groups excluding tert-OH is 2. The van der Waals surface area contributed by atoms with Gasteiger partial charge in [0.05, 0.1) is 0 Å². The Hall–Kier alpha value is -0.520. The molecule has 0 aliphatic carbocycles. The van der Waals surface area contributed by atoms with Gasteiger partial charge in [0.25, 0.3) is 0 Å². The van der Waals surface area contributed by atoms with E-state index in [-0.39, 0.29) is 11.8 Å². The van der Waals surface area contributed by atoms with Crippen LogP contribution in [0.4, 0.5) is 0 Å². The summed E-state index contributed by atoms with van der Waals surface area (Å²) in [7, 11) is 0. The first kappa shape index (κ1) is 11.5. The van der Waals surface area contributed by atoms with Crippen LogP contribution in [-0.2, 0) is 0 Å². The lowest BCUT2D eigenvalue weighted by Crippen LogP contribution is -2.15. The molecule has 0 heterocycles. The van der Waals surface area contributed by atoms with Gasteiger partial charge in [-0.1, -0.05) is 39.5 Å². The fourth-order valence-electron chi connectivity index (χ4n) is 0.504. The first-order valence-electron chi connectivity index (χ1n) is 4.32. The fourth-order valence-corrected chi connectivity index (χ4v) is 0.504. The maximum atomic E-state index is 9.27. The molecule has 2 atom stereocenters. The van der Waals surface area contributed by atoms with Crippen LogP contribution in [0.15, 0.2) is 0 Å². The summed E-state index contributed by atoms with van der Waals surface area (Å²) in [4.78, 5) is 0. The van der Waals surface area contributed by atoms with Crippen LogP contribution >= 0.6 is 0 Å². The molecule has 0 aromatic carbocycles. The summed E-state index contributed by atoms with van der Waals surface area (Å²) in [5.74, 6) is 5.48. The van der Waals surface area contributed by atoms with Gasteiger partial charge in [-0.2, -0.15) is 0 Å². The van der Waals surface area contributed by atoms with Crippen molar-refractivity contribution in [2.45, 2.75) is 39.9 Å². The third kappa shape index (κ3) is 4.38. The molecule has 0 radical (unpaired) electrons. The minimum atomic E-state index is -0.626. The Morgan fingerprint density at radius 2 is 1.00 bits per heavy atom. The van der Waals surface area contributed by atoms with Gasteiger partial charge in [0.2, 0.25) is 0 Å². The monoisotopic (exact) mass is 170 g/mol. The van der Waals surface area contributed by atoms with E-state index in [0.717, 1.165) is 0 Å². The molecule has 2 nitrogen and oxygen atoms in total. The van der Waals surface area contributed by atoms with Crippen molar-refractivity contribution in [1.82, 2.24) is 0 Å². The number of hydrogen-bond acceptors (Lipinski definition) is 2. The van der Waals surface area contributed by atoms with Crippen LogP contribution in [-0.4, -0.2) is 22.4 Å². The number of aliphatic hydroxyl groups is 2. The summed E-state index contributed by atoms with van der Waals surface area (Å²) < 4.78 is 0. The summed E-state index contributed by atoms with van der Waals surface area (Å²) in [5, 5.41) is 18.5. The van der Waals surface area contributed by atoms with E-state index in [1.807, 2.05) is 27.7 Å². The molecule has 0 amide bonds. The van der Waals surface area contributed by atoms with E-state index in [9.17, 15) is 10.2 Å². The highest BCUT2D eigenvalue weighted by Gasteiger charge is 2.07. The lowest BCUT2D eigenvalue weighted by atomic mass is 10.1. The molecule has 0 rings (SSSR count). The minimum absolute atomic E-state index is 0.122. The molecule has 0 aliphatic rings. The molecular formula is C10H18O2. The minimum Gasteiger partial charge on any atom is -0.380 e. The van der Waals surface area contributed by atoms with Crippen molar-refractivity contribution >= 4 is 0 Å². The summed E-state index contributed by atoms with van der Waals surface area (Å²) in [5.41, 5.74) is 0. The average molecular weight is 170 g/mol. The highest BCUT2D eigenvalue weighted by Crippen LogP contribution is 2.01. The first-order valence-corrected chi connectivity index (χ1v) is 4.32. The maximum Gasteiger partial charge on any atom is 0.117 e. The number of rotatable bonds is 2. The van der Waals surface area contributed by atoms with E-state index >= 15 is 0 Å². The SMILES string of the molecule is CC(C)[C@@H](O)C#C[C@H](O)C(C)C. The zero-order valence-electron chi connectivity index (χ0n) is 8.20. The normalized spacial score (nSPS) is 15.7. The van der Waals surface area contributed by atoms with Gasteiger partial charge in [0, 0.05) is 0 Å². The molecular weight excluding hydrogens is 152 g/mol. The van der Waals surface area contributed by atoms with E-state index in [1.54, 1.807) is 0 Å². The quantitative estimate of drug-likeness (QED) is 0.607. The van der Waals surface area contributed by atoms with Crippen molar-refractivity contribution in [3.63, 3.8) is 0 Å². The van der Waals surface area contributed by atoms with E-state index < -0.39 is 12.2 Å². The smallest absolute Gasteiger partial charge is 0.117 e. The second-order valence-electron chi connectivity index (χ2n) is 3.67. The van der Waals surface area contributed by atoms with Gasteiger partial charge in [-0.05, 0) is 11.8 Å². The van der Waals surface area contributed by atoms with Gasteiger partial charge in [-0.3, -0.25) is 0 Å². The summed E-state index contributed by atoms with van der Waals surface area (Å²) in [6, 6.07) is 0. The van der Waals surface area contributed by atoms with Gasteiger partial charge < -0.3 is 10.2 Å².